The minimum atomic E-state index is 0.331. The van der Waals surface area contributed by atoms with Crippen molar-refractivity contribution < 1.29 is 4.84 Å². The molecule has 0 bridgehead atoms. The van der Waals surface area contributed by atoms with Gasteiger partial charge >= 0.3 is 0 Å². The lowest BCUT2D eigenvalue weighted by molar-refractivity contribution is 0.144. The maximum Gasteiger partial charge on any atom is 0.110 e. The van der Waals surface area contributed by atoms with E-state index in [1.54, 1.807) is 6.61 Å². The second kappa shape index (κ2) is 1.91. The molecule has 1 aliphatic rings. The van der Waals surface area contributed by atoms with Crippen molar-refractivity contribution in [1.82, 2.24) is 5.48 Å². The van der Waals surface area contributed by atoms with Gasteiger partial charge in [0, 0.05) is 6.42 Å². The fourth-order valence-corrected chi connectivity index (χ4v) is 0.563. The van der Waals surface area contributed by atoms with Crippen LogP contribution in [0.15, 0.2) is 0 Å². The van der Waals surface area contributed by atoms with Gasteiger partial charge in [0.05, 0.1) is 4.95 Å². The first-order valence-electron chi connectivity index (χ1n) is 1.76. The van der Waals surface area contributed by atoms with Crippen LogP contribution in [-0.2, 0) is 4.84 Å². The van der Waals surface area contributed by atoms with Gasteiger partial charge in [0.25, 0.3) is 0 Å². The van der Waals surface area contributed by atoms with Crippen LogP contribution >= 0.6 is 15.9 Å². The third-order valence-electron chi connectivity index (χ3n) is 0.582. The Hall–Kier alpha value is 0.400. The van der Waals surface area contributed by atoms with E-state index in [2.05, 4.69) is 26.2 Å². The van der Waals surface area contributed by atoms with Crippen LogP contribution in [0.25, 0.3) is 0 Å². The lowest BCUT2D eigenvalue weighted by atomic mass is 10.5. The van der Waals surface area contributed by atoms with Gasteiger partial charge in [0.15, 0.2) is 0 Å². The number of rotatable bonds is 0. The van der Waals surface area contributed by atoms with Gasteiger partial charge in [-0.3, -0.25) is 4.84 Å². The highest BCUT2D eigenvalue weighted by Gasteiger charge is 2.09. The van der Waals surface area contributed by atoms with Crippen LogP contribution in [0.4, 0.5) is 0 Å². The largest absolute Gasteiger partial charge is 0.294 e. The van der Waals surface area contributed by atoms with E-state index in [0.29, 0.717) is 4.95 Å². The summed E-state index contributed by atoms with van der Waals surface area (Å²) in [7, 11) is 0. The van der Waals surface area contributed by atoms with Gasteiger partial charge in [-0.25, -0.2) is 0 Å². The van der Waals surface area contributed by atoms with Crippen molar-refractivity contribution >= 4 is 15.9 Å². The van der Waals surface area contributed by atoms with E-state index >= 15 is 0 Å². The zero-order chi connectivity index (χ0) is 4.41. The highest BCUT2D eigenvalue weighted by Crippen LogP contribution is 2.09. The molecule has 1 aliphatic heterocycles. The van der Waals surface area contributed by atoms with E-state index in [-0.39, 0.29) is 0 Å². The summed E-state index contributed by atoms with van der Waals surface area (Å²) in [4.78, 5) is 4.97. The number of hydrogen-bond acceptors (Lipinski definition) is 2. The van der Waals surface area contributed by atoms with Gasteiger partial charge in [-0.1, -0.05) is 15.9 Å². The van der Waals surface area contributed by atoms with Crippen molar-refractivity contribution in [1.29, 1.82) is 0 Å². The van der Waals surface area contributed by atoms with Crippen LogP contribution in [0.1, 0.15) is 6.42 Å². The van der Waals surface area contributed by atoms with E-state index in [9.17, 15) is 0 Å². The Kier molecular flexibility index (Phi) is 1.45. The topological polar surface area (TPSA) is 21.3 Å². The third kappa shape index (κ3) is 0.929. The van der Waals surface area contributed by atoms with Gasteiger partial charge in [0.2, 0.25) is 0 Å². The molecule has 0 aromatic carbocycles. The molecule has 1 N–H and O–H groups in total. The van der Waals surface area contributed by atoms with E-state index in [4.69, 9.17) is 0 Å². The molecule has 6 heavy (non-hydrogen) atoms. The van der Waals surface area contributed by atoms with Crippen molar-refractivity contribution in [2.75, 3.05) is 0 Å². The second-order valence-electron chi connectivity index (χ2n) is 1.11. The highest BCUT2D eigenvalue weighted by molar-refractivity contribution is 9.09. The first kappa shape index (κ1) is 4.56. The molecule has 0 saturated carbocycles. The molecule has 0 amide bonds. The number of alkyl halides is 1. The van der Waals surface area contributed by atoms with E-state index in [0.717, 1.165) is 6.42 Å². The molecule has 1 saturated heterocycles. The molecule has 1 unspecified atom stereocenters. The summed E-state index contributed by atoms with van der Waals surface area (Å²) in [6.07, 6.45) is 0.944. The van der Waals surface area contributed by atoms with Crippen LogP contribution in [0, 0.1) is 6.61 Å². The molecule has 1 radical (unpaired) electrons. The van der Waals surface area contributed by atoms with E-state index < -0.39 is 0 Å². The van der Waals surface area contributed by atoms with Crippen molar-refractivity contribution in [2.45, 2.75) is 11.4 Å². The van der Waals surface area contributed by atoms with Crippen LogP contribution in [0.5, 0.6) is 0 Å². The predicted molar refractivity (Wildman–Crippen MR) is 25.9 cm³/mol. The Balaban J connectivity index is 2.18. The molecule has 1 atom stereocenters. The van der Waals surface area contributed by atoms with Crippen LogP contribution < -0.4 is 5.48 Å². The van der Waals surface area contributed by atoms with Gasteiger partial charge in [-0.15, -0.1) is 0 Å². The Bertz CT molecular complexity index is 44.1. The average molecular weight is 151 g/mol. The smallest absolute Gasteiger partial charge is 0.110 e. The lowest BCUT2D eigenvalue weighted by Gasteiger charge is -1.90. The second-order valence-corrected chi connectivity index (χ2v) is 2.21. The van der Waals surface area contributed by atoms with Crippen LogP contribution in [-0.4, -0.2) is 4.95 Å². The van der Waals surface area contributed by atoms with Gasteiger partial charge < -0.3 is 0 Å². The first-order valence-corrected chi connectivity index (χ1v) is 2.68. The van der Waals surface area contributed by atoms with Gasteiger partial charge in [0.1, 0.15) is 6.61 Å². The number of halogens is 1. The molecule has 0 spiro atoms. The molecule has 0 aliphatic carbocycles. The summed E-state index contributed by atoms with van der Waals surface area (Å²) in [5.74, 6) is 0. The zero-order valence-corrected chi connectivity index (χ0v) is 4.73. The molecule has 35 valence electrons. The summed E-state index contributed by atoms with van der Waals surface area (Å²) in [5, 5.41) is 0. The summed E-state index contributed by atoms with van der Waals surface area (Å²) < 4.78 is 0. The Morgan fingerprint density at radius 1 is 2.00 bits per heavy atom. The normalized spacial score (nSPS) is 34.5. The predicted octanol–water partition coefficient (Wildman–Crippen LogP) is 0.794. The Labute approximate surface area is 44.9 Å². The molecule has 0 aromatic rings. The molecule has 3 heteroatoms. The summed E-state index contributed by atoms with van der Waals surface area (Å²) in [6, 6.07) is 0. The fraction of sp³-hybridized carbons (Fsp3) is 0.667. The maximum atomic E-state index is 4.63. The van der Waals surface area contributed by atoms with Gasteiger partial charge in [-0.2, -0.15) is 5.48 Å². The lowest BCUT2D eigenvalue weighted by Crippen LogP contribution is -2.10. The Morgan fingerprint density at radius 2 is 2.83 bits per heavy atom. The van der Waals surface area contributed by atoms with Crippen LogP contribution in [0.3, 0.4) is 0 Å². The average Bonchev–Trinajstić information content (AvgIpc) is 1.86. The van der Waals surface area contributed by atoms with Crippen molar-refractivity contribution in [3.05, 3.63) is 6.61 Å². The first-order chi connectivity index (χ1) is 2.89. The molecule has 1 rings (SSSR count). The molecule has 1 fully saturated rings. The standard InChI is InChI=1S/C3H5BrNO/c4-3-1-2-6-5-3/h2-3,5H,1H2. The van der Waals surface area contributed by atoms with Gasteiger partial charge in [-0.05, 0) is 0 Å². The molecule has 0 aromatic heterocycles. The molecule has 2 nitrogen and oxygen atoms in total. The molecular weight excluding hydrogens is 146 g/mol. The monoisotopic (exact) mass is 150 g/mol. The zero-order valence-electron chi connectivity index (χ0n) is 3.15. The quantitative estimate of drug-likeness (QED) is 0.408. The number of nitrogens with one attached hydrogen (secondary N) is 1. The minimum absolute atomic E-state index is 0.331. The maximum absolute atomic E-state index is 4.63. The molecular formula is C3H5BrNO. The Morgan fingerprint density at radius 3 is 3.00 bits per heavy atom. The number of hydrogen-bond donors (Lipinski definition) is 1. The van der Waals surface area contributed by atoms with Crippen molar-refractivity contribution in [3.8, 4) is 0 Å². The van der Waals surface area contributed by atoms with E-state index in [1.807, 2.05) is 0 Å². The SMILES string of the molecule is BrC1C[CH]ON1. The highest BCUT2D eigenvalue weighted by atomic mass is 79.9. The fourth-order valence-electron chi connectivity index (χ4n) is 0.303. The number of hydroxylamine groups is 1. The van der Waals surface area contributed by atoms with Crippen LogP contribution in [0.2, 0.25) is 0 Å². The molecule has 1 heterocycles. The summed E-state index contributed by atoms with van der Waals surface area (Å²) in [6.45, 7) is 1.72. The summed E-state index contributed by atoms with van der Waals surface area (Å²) >= 11 is 3.27. The minimum Gasteiger partial charge on any atom is -0.294 e. The summed E-state index contributed by atoms with van der Waals surface area (Å²) in [5.41, 5.74) is 2.68. The van der Waals surface area contributed by atoms with Crippen molar-refractivity contribution in [2.24, 2.45) is 0 Å². The van der Waals surface area contributed by atoms with Crippen molar-refractivity contribution in [3.63, 3.8) is 0 Å². The third-order valence-corrected chi connectivity index (χ3v) is 1.14. The van der Waals surface area contributed by atoms with E-state index in [1.165, 1.54) is 0 Å².